The molecular weight excluding hydrogens is 283 g/mol. The molecule has 1 aromatic rings. The van der Waals surface area contributed by atoms with Crippen LogP contribution in [0.2, 0.25) is 0 Å². The summed E-state index contributed by atoms with van der Waals surface area (Å²) < 4.78 is 12.7. The molecule has 0 aliphatic heterocycles. The van der Waals surface area contributed by atoms with Crippen molar-refractivity contribution in [1.29, 1.82) is 0 Å². The van der Waals surface area contributed by atoms with Gasteiger partial charge in [0.05, 0.1) is 0 Å². The monoisotopic (exact) mass is 300 g/mol. The van der Waals surface area contributed by atoms with Gasteiger partial charge in [0.15, 0.2) is 10.2 Å². The zero-order valence-corrected chi connectivity index (χ0v) is 12.4. The molecule has 4 nitrogen and oxygen atoms in total. The van der Waals surface area contributed by atoms with E-state index in [0.717, 1.165) is 5.56 Å². The maximum absolute atomic E-state index is 12.7. The van der Waals surface area contributed by atoms with Crippen LogP contribution in [0.15, 0.2) is 24.3 Å². The quantitative estimate of drug-likeness (QED) is 0.502. The van der Waals surface area contributed by atoms with E-state index in [2.05, 4.69) is 21.5 Å². The molecule has 0 amide bonds. The Kier molecular flexibility index (Phi) is 6.44. The molecule has 104 valence electrons. The van der Waals surface area contributed by atoms with E-state index in [4.69, 9.17) is 24.4 Å². The Labute approximate surface area is 123 Å². The highest BCUT2D eigenvalue weighted by molar-refractivity contribution is 7.80. The van der Waals surface area contributed by atoms with Gasteiger partial charge in [0, 0.05) is 12.6 Å². The van der Waals surface area contributed by atoms with E-state index in [9.17, 15) is 4.39 Å². The summed E-state index contributed by atoms with van der Waals surface area (Å²) in [5.74, 6) is -0.253. The Balaban J connectivity index is 2.24. The minimum absolute atomic E-state index is 0.252. The number of hydrazine groups is 1. The van der Waals surface area contributed by atoms with E-state index in [1.54, 1.807) is 12.1 Å². The van der Waals surface area contributed by atoms with Crippen LogP contribution in [-0.2, 0) is 6.54 Å². The molecule has 0 unspecified atom stereocenters. The number of hydrogen-bond donors (Lipinski definition) is 4. The molecule has 1 aromatic carbocycles. The maximum atomic E-state index is 12.7. The fourth-order valence-corrected chi connectivity index (χ4v) is 1.65. The van der Waals surface area contributed by atoms with Crippen LogP contribution in [0, 0.1) is 5.82 Å². The van der Waals surface area contributed by atoms with Gasteiger partial charge in [-0.15, -0.1) is 0 Å². The summed E-state index contributed by atoms with van der Waals surface area (Å²) in [5, 5.41) is 6.87. The largest absolute Gasteiger partial charge is 0.359 e. The highest BCUT2D eigenvalue weighted by Crippen LogP contribution is 2.01. The second-order valence-corrected chi connectivity index (χ2v) is 5.00. The number of rotatable bonds is 3. The first-order valence-corrected chi connectivity index (χ1v) is 6.64. The highest BCUT2D eigenvalue weighted by atomic mass is 32.1. The molecule has 4 N–H and O–H groups in total. The SMILES string of the molecule is CC(C)NC(=S)NNC(=S)NCc1ccc(F)cc1. The first-order chi connectivity index (χ1) is 8.97. The normalized spacial score (nSPS) is 9.89. The Bertz CT molecular complexity index is 434. The fraction of sp³-hybridized carbons (Fsp3) is 0.333. The van der Waals surface area contributed by atoms with Crippen molar-refractivity contribution in [2.75, 3.05) is 0 Å². The fourth-order valence-electron chi connectivity index (χ4n) is 1.24. The molecule has 0 aliphatic rings. The summed E-state index contributed by atoms with van der Waals surface area (Å²) in [4.78, 5) is 0. The molecule has 0 heterocycles. The average Bonchev–Trinajstić information content (AvgIpc) is 2.35. The second kappa shape index (κ2) is 7.85. The van der Waals surface area contributed by atoms with Crippen molar-refractivity contribution >= 4 is 34.7 Å². The van der Waals surface area contributed by atoms with Gasteiger partial charge in [-0.25, -0.2) is 4.39 Å². The summed E-state index contributed by atoms with van der Waals surface area (Å²) in [6.45, 7) is 4.48. The molecular formula is C12H17FN4S2. The summed E-state index contributed by atoms with van der Waals surface area (Å²) in [7, 11) is 0. The topological polar surface area (TPSA) is 48.1 Å². The zero-order chi connectivity index (χ0) is 14.3. The molecule has 0 aliphatic carbocycles. The molecule has 0 saturated carbocycles. The number of hydrogen-bond acceptors (Lipinski definition) is 2. The third-order valence-electron chi connectivity index (χ3n) is 2.08. The van der Waals surface area contributed by atoms with Crippen LogP contribution >= 0.6 is 24.4 Å². The predicted molar refractivity (Wildman–Crippen MR) is 83.0 cm³/mol. The van der Waals surface area contributed by atoms with Crippen molar-refractivity contribution in [3.8, 4) is 0 Å². The molecule has 0 radical (unpaired) electrons. The summed E-state index contributed by atoms with van der Waals surface area (Å²) in [6.07, 6.45) is 0. The lowest BCUT2D eigenvalue weighted by atomic mass is 10.2. The van der Waals surface area contributed by atoms with Gasteiger partial charge in [-0.05, 0) is 56.0 Å². The minimum atomic E-state index is -0.253. The van der Waals surface area contributed by atoms with Crippen molar-refractivity contribution < 1.29 is 4.39 Å². The summed E-state index contributed by atoms with van der Waals surface area (Å²) in [5.41, 5.74) is 6.47. The molecule has 0 aromatic heterocycles. The number of benzene rings is 1. The van der Waals surface area contributed by atoms with Crippen molar-refractivity contribution in [2.45, 2.75) is 26.4 Å². The van der Waals surface area contributed by atoms with Gasteiger partial charge in [-0.1, -0.05) is 12.1 Å². The Morgan fingerprint density at radius 1 is 1.11 bits per heavy atom. The predicted octanol–water partition coefficient (Wildman–Crippen LogP) is 1.58. The van der Waals surface area contributed by atoms with E-state index in [1.165, 1.54) is 12.1 Å². The molecule has 0 saturated heterocycles. The standard InChI is InChI=1S/C12H17FN4S2/c1-8(2)15-12(19)17-16-11(18)14-7-9-3-5-10(13)6-4-9/h3-6,8H,7H2,1-2H3,(H2,14,16,18)(H2,15,17,19). The molecule has 19 heavy (non-hydrogen) atoms. The van der Waals surface area contributed by atoms with Gasteiger partial charge >= 0.3 is 0 Å². The lowest BCUT2D eigenvalue weighted by Crippen LogP contribution is -2.51. The van der Waals surface area contributed by atoms with Gasteiger partial charge in [0.1, 0.15) is 5.82 Å². The first-order valence-electron chi connectivity index (χ1n) is 5.82. The highest BCUT2D eigenvalue weighted by Gasteiger charge is 2.00. The smallest absolute Gasteiger partial charge is 0.185 e. The van der Waals surface area contributed by atoms with Gasteiger partial charge in [0.25, 0.3) is 0 Å². The summed E-state index contributed by atoms with van der Waals surface area (Å²) >= 11 is 10.1. The van der Waals surface area contributed by atoms with Crippen LogP contribution in [0.25, 0.3) is 0 Å². The molecule has 0 fully saturated rings. The molecule has 0 bridgehead atoms. The Morgan fingerprint density at radius 3 is 2.26 bits per heavy atom. The number of thiocarbonyl (C=S) groups is 2. The molecule has 0 spiro atoms. The van der Waals surface area contributed by atoms with Gasteiger partial charge in [0.2, 0.25) is 0 Å². The van der Waals surface area contributed by atoms with Crippen LogP contribution in [-0.4, -0.2) is 16.3 Å². The van der Waals surface area contributed by atoms with E-state index >= 15 is 0 Å². The van der Waals surface area contributed by atoms with Gasteiger partial charge < -0.3 is 10.6 Å². The third kappa shape index (κ3) is 6.88. The van der Waals surface area contributed by atoms with E-state index in [-0.39, 0.29) is 11.9 Å². The number of halogens is 1. The Hall–Kier alpha value is -1.47. The minimum Gasteiger partial charge on any atom is -0.359 e. The van der Waals surface area contributed by atoms with Gasteiger partial charge in [-0.3, -0.25) is 10.9 Å². The Morgan fingerprint density at radius 2 is 1.68 bits per heavy atom. The molecule has 0 atom stereocenters. The lowest BCUT2D eigenvalue weighted by Gasteiger charge is -2.15. The zero-order valence-electron chi connectivity index (χ0n) is 10.8. The van der Waals surface area contributed by atoms with Crippen LogP contribution in [0.4, 0.5) is 4.39 Å². The van der Waals surface area contributed by atoms with Gasteiger partial charge in [-0.2, -0.15) is 0 Å². The lowest BCUT2D eigenvalue weighted by molar-refractivity contribution is 0.626. The summed E-state index contributed by atoms with van der Waals surface area (Å²) in [6, 6.07) is 6.47. The second-order valence-electron chi connectivity index (χ2n) is 4.19. The van der Waals surface area contributed by atoms with Crippen molar-refractivity contribution in [3.63, 3.8) is 0 Å². The van der Waals surface area contributed by atoms with Crippen LogP contribution < -0.4 is 21.5 Å². The van der Waals surface area contributed by atoms with E-state index < -0.39 is 0 Å². The van der Waals surface area contributed by atoms with Crippen molar-refractivity contribution in [2.24, 2.45) is 0 Å². The number of nitrogens with one attached hydrogen (secondary N) is 4. The first kappa shape index (κ1) is 15.6. The van der Waals surface area contributed by atoms with E-state index in [0.29, 0.717) is 16.8 Å². The molecule has 7 heteroatoms. The maximum Gasteiger partial charge on any atom is 0.185 e. The molecule has 1 rings (SSSR count). The van der Waals surface area contributed by atoms with Crippen LogP contribution in [0.3, 0.4) is 0 Å². The van der Waals surface area contributed by atoms with E-state index in [1.807, 2.05) is 13.8 Å². The van der Waals surface area contributed by atoms with Crippen molar-refractivity contribution in [3.05, 3.63) is 35.6 Å². The van der Waals surface area contributed by atoms with Crippen LogP contribution in [0.1, 0.15) is 19.4 Å². The third-order valence-corrected chi connectivity index (χ3v) is 2.54. The van der Waals surface area contributed by atoms with Crippen molar-refractivity contribution in [1.82, 2.24) is 21.5 Å². The average molecular weight is 300 g/mol. The van der Waals surface area contributed by atoms with Crippen LogP contribution in [0.5, 0.6) is 0 Å².